The molecule has 0 heterocycles. The first-order valence-electron chi connectivity index (χ1n) is 35.3. The first-order valence-corrected chi connectivity index (χ1v) is 38.3. The molecule has 5 atom stereocenters. The second kappa shape index (κ2) is 59.1. The number of hydrogen-bond acceptors (Lipinski definition) is 15. The zero-order chi connectivity index (χ0) is 64.5. The number of phosphoric ester groups is 2. The predicted octanol–water partition coefficient (Wildman–Crippen LogP) is 19.1. The van der Waals surface area contributed by atoms with E-state index >= 15 is 0 Å². The number of aliphatic hydroxyl groups excluding tert-OH is 1. The van der Waals surface area contributed by atoms with Gasteiger partial charge < -0.3 is 33.8 Å². The van der Waals surface area contributed by atoms with Gasteiger partial charge in [0.05, 0.1) is 26.4 Å². The minimum absolute atomic E-state index is 0.104. The summed E-state index contributed by atoms with van der Waals surface area (Å²) in [5.41, 5.74) is 0. The molecule has 0 aliphatic carbocycles. The van der Waals surface area contributed by atoms with Gasteiger partial charge >= 0.3 is 39.5 Å². The highest BCUT2D eigenvalue weighted by Crippen LogP contribution is 2.45. The van der Waals surface area contributed by atoms with E-state index in [1.54, 1.807) is 0 Å². The van der Waals surface area contributed by atoms with Crippen LogP contribution < -0.4 is 0 Å². The molecule has 87 heavy (non-hydrogen) atoms. The number of carbonyl (C=O) groups excluding carboxylic acids is 4. The normalized spacial score (nSPS) is 14.3. The summed E-state index contributed by atoms with van der Waals surface area (Å²) in [6, 6.07) is 0. The minimum atomic E-state index is -4.95. The van der Waals surface area contributed by atoms with Crippen molar-refractivity contribution in [3.05, 3.63) is 0 Å². The van der Waals surface area contributed by atoms with Crippen LogP contribution in [0.15, 0.2) is 0 Å². The van der Waals surface area contributed by atoms with E-state index in [1.807, 2.05) is 0 Å². The van der Waals surface area contributed by atoms with Gasteiger partial charge in [-0.3, -0.25) is 37.3 Å². The smallest absolute Gasteiger partial charge is 0.462 e. The molecular weight excluding hydrogens is 1150 g/mol. The van der Waals surface area contributed by atoms with Crippen LogP contribution in [0, 0.1) is 17.8 Å². The first-order chi connectivity index (χ1) is 41.7. The average Bonchev–Trinajstić information content (AvgIpc) is 3.57. The van der Waals surface area contributed by atoms with Crippen LogP contribution in [0.5, 0.6) is 0 Å². The van der Waals surface area contributed by atoms with E-state index in [4.69, 9.17) is 37.0 Å². The maximum atomic E-state index is 13.0. The van der Waals surface area contributed by atoms with Crippen LogP contribution >= 0.6 is 15.6 Å². The molecule has 2 unspecified atom stereocenters. The summed E-state index contributed by atoms with van der Waals surface area (Å²) in [6.07, 6.45) is 41.9. The van der Waals surface area contributed by atoms with E-state index < -0.39 is 97.5 Å². The molecule has 0 aromatic heterocycles. The Balaban J connectivity index is 5.18. The lowest BCUT2D eigenvalue weighted by molar-refractivity contribution is -0.161. The predicted molar refractivity (Wildman–Crippen MR) is 349 cm³/mol. The molecule has 0 bridgehead atoms. The SMILES string of the molecule is CCCCCCCCCC(=O)OC[C@H](COP(=O)(O)OC[C@H](O)COP(=O)(O)OC[C@@H](COC(=O)CCCCCCCCCCC(C)C)OC(=O)CCCCCCCCCCCCCCCCCC(C)C)OC(=O)CCCCCCCCCCC(C)C. The number of esters is 4. The summed E-state index contributed by atoms with van der Waals surface area (Å²) >= 11 is 0. The number of carbonyl (C=O) groups is 4. The summed E-state index contributed by atoms with van der Waals surface area (Å²) in [4.78, 5) is 72.3. The van der Waals surface area contributed by atoms with Crippen molar-refractivity contribution < 1.29 is 80.2 Å². The lowest BCUT2D eigenvalue weighted by Crippen LogP contribution is -2.30. The minimum Gasteiger partial charge on any atom is -0.462 e. The number of phosphoric acid groups is 2. The largest absolute Gasteiger partial charge is 0.472 e. The van der Waals surface area contributed by atoms with Crippen LogP contribution in [-0.4, -0.2) is 96.7 Å². The highest BCUT2D eigenvalue weighted by atomic mass is 31.2. The Kier molecular flexibility index (Phi) is 57.8. The molecule has 0 aliphatic rings. The molecule has 0 rings (SSSR count). The number of unbranched alkanes of at least 4 members (excludes halogenated alkanes) is 34. The summed E-state index contributed by atoms with van der Waals surface area (Å²) in [5.74, 6) is 0.112. The van der Waals surface area contributed by atoms with Gasteiger partial charge in [0, 0.05) is 25.7 Å². The molecule has 0 aromatic rings. The van der Waals surface area contributed by atoms with Gasteiger partial charge in [0.2, 0.25) is 0 Å². The quantitative estimate of drug-likeness (QED) is 0.0222. The summed E-state index contributed by atoms with van der Waals surface area (Å²) < 4.78 is 68.1. The molecule has 19 heteroatoms. The highest BCUT2D eigenvalue weighted by molar-refractivity contribution is 7.47. The molecule has 3 N–H and O–H groups in total. The lowest BCUT2D eigenvalue weighted by atomic mass is 10.0. The van der Waals surface area contributed by atoms with Gasteiger partial charge in [-0.1, -0.05) is 286 Å². The van der Waals surface area contributed by atoms with Crippen LogP contribution in [0.2, 0.25) is 0 Å². The Morgan fingerprint density at radius 3 is 0.782 bits per heavy atom. The highest BCUT2D eigenvalue weighted by Gasteiger charge is 2.30. The van der Waals surface area contributed by atoms with Gasteiger partial charge in [-0.25, -0.2) is 9.13 Å². The van der Waals surface area contributed by atoms with Gasteiger partial charge in [-0.05, 0) is 43.4 Å². The fourth-order valence-corrected chi connectivity index (χ4v) is 11.8. The van der Waals surface area contributed by atoms with Crippen molar-refractivity contribution in [2.24, 2.45) is 17.8 Å². The Bertz CT molecular complexity index is 1720. The molecule has 0 radical (unpaired) electrons. The van der Waals surface area contributed by atoms with Crippen LogP contribution in [0.25, 0.3) is 0 Å². The maximum absolute atomic E-state index is 13.0. The molecule has 0 spiro atoms. The molecule has 0 saturated carbocycles. The molecule has 0 fully saturated rings. The van der Waals surface area contributed by atoms with Crippen molar-refractivity contribution in [2.45, 2.75) is 356 Å². The van der Waals surface area contributed by atoms with Crippen molar-refractivity contribution in [3.8, 4) is 0 Å². The standard InChI is InChI=1S/C68H132O17P2/c1-8-9-10-11-25-35-42-49-65(70)78-55-63(85-68(73)52-45-38-31-24-22-28-34-41-48-61(6)7)57-82-86(74,75)80-53-62(69)54-81-87(76,77)83-58-64(56-79-66(71)50-43-36-29-23-21-27-33-40-47-60(4)5)84-67(72)51-44-37-30-20-18-16-14-12-13-15-17-19-26-32-39-46-59(2)3/h59-64,69H,8-58H2,1-7H3,(H,74,75)(H,76,77)/t62-,63+,64+/m0/s1. The molecule has 0 aliphatic heterocycles. The van der Waals surface area contributed by atoms with E-state index in [1.165, 1.54) is 135 Å². The second-order valence-corrected chi connectivity index (χ2v) is 28.9. The van der Waals surface area contributed by atoms with Crippen molar-refractivity contribution in [2.75, 3.05) is 39.6 Å². The van der Waals surface area contributed by atoms with Crippen LogP contribution in [-0.2, 0) is 65.4 Å². The molecule has 0 aromatic carbocycles. The maximum Gasteiger partial charge on any atom is 0.472 e. The van der Waals surface area contributed by atoms with Gasteiger partial charge in [0.15, 0.2) is 12.2 Å². The number of rotatable bonds is 66. The van der Waals surface area contributed by atoms with E-state index in [0.717, 1.165) is 120 Å². The van der Waals surface area contributed by atoms with E-state index in [0.29, 0.717) is 25.7 Å². The Hall–Kier alpha value is -1.94. The summed E-state index contributed by atoms with van der Waals surface area (Å²) in [5, 5.41) is 10.6. The Morgan fingerprint density at radius 2 is 0.529 bits per heavy atom. The number of ether oxygens (including phenoxy) is 4. The van der Waals surface area contributed by atoms with Crippen molar-refractivity contribution >= 4 is 39.5 Å². The fraction of sp³-hybridized carbons (Fsp3) is 0.941. The van der Waals surface area contributed by atoms with Crippen molar-refractivity contribution in [3.63, 3.8) is 0 Å². The third-order valence-corrected chi connectivity index (χ3v) is 17.5. The van der Waals surface area contributed by atoms with Gasteiger partial charge in [0.1, 0.15) is 19.3 Å². The first kappa shape index (κ1) is 85.1. The summed E-state index contributed by atoms with van der Waals surface area (Å²) in [7, 11) is -9.89. The zero-order valence-electron chi connectivity index (χ0n) is 56.5. The molecule has 516 valence electrons. The molecule has 0 saturated heterocycles. The van der Waals surface area contributed by atoms with Crippen molar-refractivity contribution in [1.82, 2.24) is 0 Å². The number of aliphatic hydroxyl groups is 1. The molecular formula is C68H132O17P2. The van der Waals surface area contributed by atoms with Crippen molar-refractivity contribution in [1.29, 1.82) is 0 Å². The third-order valence-electron chi connectivity index (χ3n) is 15.6. The van der Waals surface area contributed by atoms with Gasteiger partial charge in [0.25, 0.3) is 0 Å². The van der Waals surface area contributed by atoms with Crippen LogP contribution in [0.3, 0.4) is 0 Å². The van der Waals surface area contributed by atoms with Crippen LogP contribution in [0.4, 0.5) is 0 Å². The van der Waals surface area contributed by atoms with E-state index in [2.05, 4.69) is 48.5 Å². The van der Waals surface area contributed by atoms with Gasteiger partial charge in [-0.2, -0.15) is 0 Å². The second-order valence-electron chi connectivity index (χ2n) is 26.0. The monoisotopic (exact) mass is 1280 g/mol. The van der Waals surface area contributed by atoms with E-state index in [-0.39, 0.29) is 25.7 Å². The zero-order valence-corrected chi connectivity index (χ0v) is 58.3. The number of hydrogen-bond donors (Lipinski definition) is 3. The van der Waals surface area contributed by atoms with Crippen LogP contribution in [0.1, 0.15) is 337 Å². The van der Waals surface area contributed by atoms with E-state index in [9.17, 15) is 43.2 Å². The fourth-order valence-electron chi connectivity index (χ4n) is 10.2. The Morgan fingerprint density at radius 1 is 0.310 bits per heavy atom. The summed E-state index contributed by atoms with van der Waals surface area (Å²) in [6.45, 7) is 11.7. The average molecular weight is 1280 g/mol. The third kappa shape index (κ3) is 62.6. The molecule has 17 nitrogen and oxygen atoms in total. The molecule has 0 amide bonds. The Labute approximate surface area is 530 Å². The lowest BCUT2D eigenvalue weighted by Gasteiger charge is -2.21. The van der Waals surface area contributed by atoms with Gasteiger partial charge in [-0.15, -0.1) is 0 Å². The topological polar surface area (TPSA) is 237 Å².